The molecule has 2 atom stereocenters. The normalized spacial score (nSPS) is 25.8. The van der Waals surface area contributed by atoms with Gasteiger partial charge in [0.1, 0.15) is 11.2 Å². The van der Waals surface area contributed by atoms with Gasteiger partial charge in [-0.2, -0.15) is 0 Å². The van der Waals surface area contributed by atoms with Crippen molar-refractivity contribution in [3.05, 3.63) is 30.1 Å². The minimum absolute atomic E-state index is 0.148. The van der Waals surface area contributed by atoms with E-state index in [0.717, 1.165) is 23.4 Å². The van der Waals surface area contributed by atoms with Crippen LogP contribution in [0.5, 0.6) is 0 Å². The summed E-state index contributed by atoms with van der Waals surface area (Å²) < 4.78 is 2.22. The van der Waals surface area contributed by atoms with Crippen molar-refractivity contribution in [2.75, 3.05) is 19.6 Å². The molecule has 7 nitrogen and oxygen atoms in total. The van der Waals surface area contributed by atoms with Gasteiger partial charge in [-0.15, -0.1) is 0 Å². The van der Waals surface area contributed by atoms with Gasteiger partial charge < -0.3 is 15.0 Å². The van der Waals surface area contributed by atoms with E-state index in [1.165, 1.54) is 0 Å². The molecule has 4 rings (SSSR count). The molecule has 2 aromatic rings. The highest BCUT2D eigenvalue weighted by Crippen LogP contribution is 2.40. The topological polar surface area (TPSA) is 87.5 Å². The third-order valence-electron chi connectivity index (χ3n) is 5.58. The monoisotopic (exact) mass is 356 g/mol. The summed E-state index contributed by atoms with van der Waals surface area (Å²) in [5, 5.41) is 12.4. The Kier molecular flexibility index (Phi) is 3.99. The lowest BCUT2D eigenvalue weighted by Gasteiger charge is -2.22. The molecule has 0 saturated carbocycles. The van der Waals surface area contributed by atoms with E-state index in [2.05, 4.69) is 34.7 Å². The molecule has 1 amide bonds. The van der Waals surface area contributed by atoms with E-state index < -0.39 is 17.3 Å². The van der Waals surface area contributed by atoms with E-state index in [1.807, 2.05) is 18.2 Å². The Balaban J connectivity index is 1.64. The number of carboxylic acid groups (broad SMARTS) is 1. The lowest BCUT2D eigenvalue weighted by Crippen LogP contribution is -2.40. The number of carbonyl (C=O) groups is 2. The standard InChI is InChI=1S/C19H24N4O3/c1-12(2)7-23-15-6-4-3-5-14(15)21-16(23)9-22-8-13-17(24)20-10-19(13,11-22)18(25)26/h3-6,12-13H,7-11H2,1-2H3,(H,20,24)(H,25,26)/t13-,19+/m0/s1. The zero-order valence-corrected chi connectivity index (χ0v) is 15.1. The van der Waals surface area contributed by atoms with E-state index in [0.29, 0.717) is 25.6 Å². The van der Waals surface area contributed by atoms with Gasteiger partial charge in [-0.25, -0.2) is 4.98 Å². The summed E-state index contributed by atoms with van der Waals surface area (Å²) >= 11 is 0. The molecular weight excluding hydrogens is 332 g/mol. The number of aromatic nitrogens is 2. The fourth-order valence-corrected chi connectivity index (χ4v) is 4.32. The summed E-state index contributed by atoms with van der Waals surface area (Å²) in [6.07, 6.45) is 0. The van der Waals surface area contributed by atoms with Gasteiger partial charge in [-0.1, -0.05) is 26.0 Å². The molecule has 26 heavy (non-hydrogen) atoms. The van der Waals surface area contributed by atoms with Gasteiger partial charge in [0, 0.05) is 26.2 Å². The second kappa shape index (κ2) is 6.09. The molecule has 2 aliphatic heterocycles. The number of carbonyl (C=O) groups excluding carboxylic acids is 1. The van der Waals surface area contributed by atoms with Crippen molar-refractivity contribution in [3.8, 4) is 0 Å². The highest BCUT2D eigenvalue weighted by atomic mass is 16.4. The van der Waals surface area contributed by atoms with E-state index in [9.17, 15) is 14.7 Å². The Morgan fingerprint density at radius 2 is 2.19 bits per heavy atom. The van der Waals surface area contributed by atoms with Crippen molar-refractivity contribution in [3.63, 3.8) is 0 Å². The largest absolute Gasteiger partial charge is 0.481 e. The Hall–Kier alpha value is -2.41. The zero-order valence-electron chi connectivity index (χ0n) is 15.1. The number of hydrogen-bond acceptors (Lipinski definition) is 4. The molecule has 0 bridgehead atoms. The molecule has 1 aromatic heterocycles. The maximum absolute atomic E-state index is 12.1. The summed E-state index contributed by atoms with van der Waals surface area (Å²) in [4.78, 5) is 30.8. The molecule has 0 spiro atoms. The molecule has 0 unspecified atom stereocenters. The quantitative estimate of drug-likeness (QED) is 0.844. The Morgan fingerprint density at radius 1 is 1.42 bits per heavy atom. The number of rotatable bonds is 5. The summed E-state index contributed by atoms with van der Waals surface area (Å²) in [5.41, 5.74) is 1.04. The van der Waals surface area contributed by atoms with Crippen LogP contribution in [0.1, 0.15) is 19.7 Å². The fourth-order valence-electron chi connectivity index (χ4n) is 4.32. The predicted molar refractivity (Wildman–Crippen MR) is 96.4 cm³/mol. The smallest absolute Gasteiger partial charge is 0.313 e. The van der Waals surface area contributed by atoms with Gasteiger partial charge in [0.05, 0.1) is 23.5 Å². The first-order valence-electron chi connectivity index (χ1n) is 9.08. The molecule has 138 valence electrons. The number of nitrogens with one attached hydrogen (secondary N) is 1. The molecule has 0 radical (unpaired) electrons. The molecule has 2 saturated heterocycles. The molecule has 7 heteroatoms. The van der Waals surface area contributed by atoms with Gasteiger partial charge >= 0.3 is 5.97 Å². The fraction of sp³-hybridized carbons (Fsp3) is 0.526. The van der Waals surface area contributed by atoms with Gasteiger partial charge in [0.25, 0.3) is 0 Å². The van der Waals surface area contributed by atoms with Crippen LogP contribution >= 0.6 is 0 Å². The minimum atomic E-state index is -1.01. The zero-order chi connectivity index (χ0) is 18.5. The first-order valence-corrected chi connectivity index (χ1v) is 9.08. The Labute approximate surface area is 152 Å². The molecule has 3 heterocycles. The van der Waals surface area contributed by atoms with Crippen LogP contribution < -0.4 is 5.32 Å². The maximum atomic E-state index is 12.1. The van der Waals surface area contributed by atoms with E-state index >= 15 is 0 Å². The summed E-state index contributed by atoms with van der Waals surface area (Å²) in [6, 6.07) is 8.05. The lowest BCUT2D eigenvalue weighted by molar-refractivity contribution is -0.149. The SMILES string of the molecule is CC(C)Cn1c(CN2C[C@H]3C(=O)NC[C@@]3(C(=O)O)C2)nc2ccccc21. The number of imidazole rings is 1. The highest BCUT2D eigenvalue weighted by molar-refractivity contribution is 5.92. The first-order chi connectivity index (χ1) is 12.4. The van der Waals surface area contributed by atoms with Crippen LogP contribution in [0.3, 0.4) is 0 Å². The number of para-hydroxylation sites is 2. The van der Waals surface area contributed by atoms with Gasteiger partial charge in [-0.3, -0.25) is 14.5 Å². The van der Waals surface area contributed by atoms with Crippen LogP contribution in [0.25, 0.3) is 11.0 Å². The second-order valence-corrected chi connectivity index (χ2v) is 7.92. The average Bonchev–Trinajstić information content (AvgIpc) is 3.21. The lowest BCUT2D eigenvalue weighted by atomic mass is 9.81. The predicted octanol–water partition coefficient (Wildman–Crippen LogP) is 1.32. The van der Waals surface area contributed by atoms with E-state index in [4.69, 9.17) is 4.98 Å². The number of nitrogens with zero attached hydrogens (tertiary/aromatic N) is 3. The van der Waals surface area contributed by atoms with Crippen LogP contribution in [0.4, 0.5) is 0 Å². The Bertz CT molecular complexity index is 875. The number of hydrogen-bond donors (Lipinski definition) is 2. The van der Waals surface area contributed by atoms with Crippen molar-refractivity contribution in [1.82, 2.24) is 19.8 Å². The van der Waals surface area contributed by atoms with Crippen molar-refractivity contribution >= 4 is 22.9 Å². The van der Waals surface area contributed by atoms with Gasteiger partial charge in [0.2, 0.25) is 5.91 Å². The molecule has 2 fully saturated rings. The first kappa shape index (κ1) is 17.0. The van der Waals surface area contributed by atoms with Gasteiger partial charge in [-0.05, 0) is 18.1 Å². The summed E-state index contributed by atoms with van der Waals surface area (Å²) in [5.74, 6) is -0.117. The van der Waals surface area contributed by atoms with Crippen molar-refractivity contribution in [1.29, 1.82) is 0 Å². The summed E-state index contributed by atoms with van der Waals surface area (Å²) in [6.45, 7) is 6.80. The highest BCUT2D eigenvalue weighted by Gasteiger charge is 2.59. The van der Waals surface area contributed by atoms with Crippen LogP contribution in [-0.4, -0.2) is 51.1 Å². The van der Waals surface area contributed by atoms with E-state index in [1.54, 1.807) is 0 Å². The number of aliphatic carboxylic acids is 1. The third kappa shape index (κ3) is 2.58. The minimum Gasteiger partial charge on any atom is -0.481 e. The number of likely N-dealkylation sites (tertiary alicyclic amines) is 1. The molecular formula is C19H24N4O3. The number of fused-ring (bicyclic) bond motifs is 2. The number of benzene rings is 1. The van der Waals surface area contributed by atoms with Crippen LogP contribution in [0.2, 0.25) is 0 Å². The summed E-state index contributed by atoms with van der Waals surface area (Å²) in [7, 11) is 0. The second-order valence-electron chi connectivity index (χ2n) is 7.92. The maximum Gasteiger partial charge on any atom is 0.313 e. The number of amides is 1. The number of carboxylic acids is 1. The average molecular weight is 356 g/mol. The van der Waals surface area contributed by atoms with Crippen molar-refractivity contribution < 1.29 is 14.7 Å². The third-order valence-corrected chi connectivity index (χ3v) is 5.58. The Morgan fingerprint density at radius 3 is 2.88 bits per heavy atom. The molecule has 1 aromatic carbocycles. The van der Waals surface area contributed by atoms with Crippen LogP contribution in [0.15, 0.2) is 24.3 Å². The molecule has 2 aliphatic rings. The van der Waals surface area contributed by atoms with Crippen LogP contribution in [-0.2, 0) is 22.7 Å². The molecule has 2 N–H and O–H groups in total. The van der Waals surface area contributed by atoms with Crippen LogP contribution in [0, 0.1) is 17.3 Å². The molecule has 0 aliphatic carbocycles. The van der Waals surface area contributed by atoms with Crippen molar-refractivity contribution in [2.24, 2.45) is 17.3 Å². The van der Waals surface area contributed by atoms with Gasteiger partial charge in [0.15, 0.2) is 0 Å². The van der Waals surface area contributed by atoms with E-state index in [-0.39, 0.29) is 12.5 Å². The van der Waals surface area contributed by atoms with Crippen molar-refractivity contribution in [2.45, 2.75) is 26.9 Å².